The van der Waals surface area contributed by atoms with Crippen LogP contribution in [0.4, 0.5) is 18.9 Å². The Balaban J connectivity index is 1.61. The molecule has 31 heavy (non-hydrogen) atoms. The molecule has 1 saturated heterocycles. The van der Waals surface area contributed by atoms with E-state index in [0.29, 0.717) is 29.7 Å². The third kappa shape index (κ3) is 4.18. The lowest BCUT2D eigenvalue weighted by molar-refractivity contribution is -0.141. The van der Waals surface area contributed by atoms with Crippen molar-refractivity contribution in [2.75, 3.05) is 11.9 Å². The van der Waals surface area contributed by atoms with Crippen LogP contribution in [0.15, 0.2) is 48.0 Å². The molecule has 4 rings (SSSR count). The molecule has 0 unspecified atom stereocenters. The highest BCUT2D eigenvalue weighted by Crippen LogP contribution is 2.44. The molecule has 0 radical (unpaired) electrons. The second kappa shape index (κ2) is 8.14. The maximum absolute atomic E-state index is 13.1. The second-order valence-corrected chi connectivity index (χ2v) is 7.18. The Labute approximate surface area is 176 Å². The molecule has 1 fully saturated rings. The van der Waals surface area contributed by atoms with Gasteiger partial charge in [-0.05, 0) is 56.2 Å². The zero-order valence-corrected chi connectivity index (χ0v) is 16.5. The van der Waals surface area contributed by atoms with Gasteiger partial charge in [0.25, 0.3) is 5.91 Å². The average Bonchev–Trinajstić information content (AvgIpc) is 3.35. The van der Waals surface area contributed by atoms with E-state index >= 15 is 0 Å². The summed E-state index contributed by atoms with van der Waals surface area (Å²) in [5.74, 6) is -0.937. The summed E-state index contributed by atoms with van der Waals surface area (Å²) in [6.45, 7) is 1.95. The number of nitrogens with zero attached hydrogens (tertiary/aromatic N) is 1. The molecule has 2 atom stereocenters. The molecule has 3 heterocycles. The zero-order chi connectivity index (χ0) is 22.2. The average molecular weight is 432 g/mol. The Morgan fingerprint density at radius 2 is 1.84 bits per heavy atom. The molecule has 9 heteroatoms. The van der Waals surface area contributed by atoms with Crippen molar-refractivity contribution >= 4 is 23.1 Å². The molecular formula is C22H19F3N2O4. The van der Waals surface area contributed by atoms with Crippen LogP contribution in [-0.2, 0) is 20.4 Å². The third-order valence-corrected chi connectivity index (χ3v) is 5.17. The summed E-state index contributed by atoms with van der Waals surface area (Å²) in [6, 6.07) is 9.78. The Bertz CT molecular complexity index is 1050. The number of ether oxygens (including phenoxy) is 2. The van der Waals surface area contributed by atoms with Crippen molar-refractivity contribution < 1.29 is 32.2 Å². The minimum absolute atomic E-state index is 0.0878. The number of carbonyl (C=O) groups excluding carboxylic acids is 2. The summed E-state index contributed by atoms with van der Waals surface area (Å²) in [6.07, 6.45) is -4.32. The highest BCUT2D eigenvalue weighted by molar-refractivity contribution is 6.11. The number of nitrogens with one attached hydrogen (secondary N) is 1. The van der Waals surface area contributed by atoms with Crippen LogP contribution in [0.5, 0.6) is 0 Å². The van der Waals surface area contributed by atoms with E-state index in [-0.39, 0.29) is 17.9 Å². The van der Waals surface area contributed by atoms with Crippen LogP contribution in [0.25, 0.3) is 5.57 Å². The maximum atomic E-state index is 13.1. The van der Waals surface area contributed by atoms with Crippen LogP contribution in [-0.4, -0.2) is 35.7 Å². The number of esters is 1. The van der Waals surface area contributed by atoms with E-state index in [1.165, 1.54) is 24.3 Å². The Kier molecular flexibility index (Phi) is 5.53. The highest BCUT2D eigenvalue weighted by atomic mass is 19.4. The van der Waals surface area contributed by atoms with Crippen LogP contribution >= 0.6 is 0 Å². The number of aromatic nitrogens is 1. The first-order valence-electron chi connectivity index (χ1n) is 9.80. The predicted octanol–water partition coefficient (Wildman–Crippen LogP) is 4.23. The maximum Gasteiger partial charge on any atom is 0.433 e. The molecule has 2 aliphatic rings. The number of alkyl halides is 3. The lowest BCUT2D eigenvalue weighted by Gasteiger charge is -2.17. The van der Waals surface area contributed by atoms with Crippen LogP contribution in [0.1, 0.15) is 41.5 Å². The van der Waals surface area contributed by atoms with Gasteiger partial charge in [-0.25, -0.2) is 9.78 Å². The summed E-state index contributed by atoms with van der Waals surface area (Å²) >= 11 is 0. The van der Waals surface area contributed by atoms with Gasteiger partial charge in [0.2, 0.25) is 0 Å². The van der Waals surface area contributed by atoms with Gasteiger partial charge in [0, 0.05) is 11.3 Å². The fourth-order valence-electron chi connectivity index (χ4n) is 3.83. The second-order valence-electron chi connectivity index (χ2n) is 7.18. The number of pyridine rings is 1. The third-order valence-electron chi connectivity index (χ3n) is 5.17. The van der Waals surface area contributed by atoms with Gasteiger partial charge in [0.05, 0.1) is 35.6 Å². The van der Waals surface area contributed by atoms with Gasteiger partial charge < -0.3 is 14.8 Å². The molecule has 0 aliphatic carbocycles. The fraction of sp³-hybridized carbons (Fsp3) is 0.318. The quantitative estimate of drug-likeness (QED) is 0.716. The van der Waals surface area contributed by atoms with Gasteiger partial charge in [0.15, 0.2) is 0 Å². The molecule has 2 aliphatic heterocycles. The van der Waals surface area contributed by atoms with Gasteiger partial charge in [0.1, 0.15) is 5.69 Å². The van der Waals surface area contributed by atoms with Gasteiger partial charge in [-0.15, -0.1) is 0 Å². The lowest BCUT2D eigenvalue weighted by Crippen LogP contribution is -2.23. The molecule has 0 saturated carbocycles. The number of benzene rings is 1. The SMILES string of the molecule is CCOC(=O)c1ccc(NC(=O)C2=C(c3cccc(C(F)(F)F)n3)[C@@H]3CC[C@H]2O3)cc1. The van der Waals surface area contributed by atoms with E-state index in [2.05, 4.69) is 10.3 Å². The van der Waals surface area contributed by atoms with E-state index in [0.717, 1.165) is 6.07 Å². The summed E-state index contributed by atoms with van der Waals surface area (Å²) in [4.78, 5) is 28.5. The van der Waals surface area contributed by atoms with Crippen LogP contribution < -0.4 is 5.32 Å². The van der Waals surface area contributed by atoms with Crippen molar-refractivity contribution in [1.29, 1.82) is 0 Å². The molecule has 1 aromatic carbocycles. The van der Waals surface area contributed by atoms with Gasteiger partial charge >= 0.3 is 12.1 Å². The van der Waals surface area contributed by atoms with E-state index in [4.69, 9.17) is 9.47 Å². The number of anilines is 1. The van der Waals surface area contributed by atoms with E-state index in [1.54, 1.807) is 19.1 Å². The van der Waals surface area contributed by atoms with Gasteiger partial charge in [-0.2, -0.15) is 13.2 Å². The largest absolute Gasteiger partial charge is 0.462 e. The van der Waals surface area contributed by atoms with Crippen LogP contribution in [0.3, 0.4) is 0 Å². The van der Waals surface area contributed by atoms with Crippen LogP contribution in [0, 0.1) is 0 Å². The van der Waals surface area contributed by atoms with Crippen molar-refractivity contribution in [3.05, 3.63) is 65.0 Å². The van der Waals surface area contributed by atoms with E-state index in [9.17, 15) is 22.8 Å². The Hall–Kier alpha value is -3.20. The first-order valence-corrected chi connectivity index (χ1v) is 9.80. The molecule has 0 spiro atoms. The highest BCUT2D eigenvalue weighted by Gasteiger charge is 2.44. The lowest BCUT2D eigenvalue weighted by atomic mass is 9.89. The molecule has 1 N–H and O–H groups in total. The summed E-state index contributed by atoms with van der Waals surface area (Å²) in [5, 5.41) is 2.73. The molecule has 1 aromatic heterocycles. The molecule has 162 valence electrons. The summed E-state index contributed by atoms with van der Waals surface area (Å²) < 4.78 is 50.0. The van der Waals surface area contributed by atoms with Gasteiger partial charge in [-0.3, -0.25) is 4.79 Å². The minimum Gasteiger partial charge on any atom is -0.462 e. The minimum atomic E-state index is -4.59. The molecule has 1 amide bonds. The van der Waals surface area contributed by atoms with Gasteiger partial charge in [-0.1, -0.05) is 6.07 Å². The standard InChI is InChI=1S/C22H19F3N2O4/c1-2-30-21(29)12-6-8-13(9-7-12)26-20(28)19-16-11-10-15(31-16)18(19)14-4-3-5-17(27-14)22(23,24)25/h3-9,15-16H,2,10-11H2,1H3,(H,26,28)/t15-,16+/m0/s1. The summed E-state index contributed by atoms with van der Waals surface area (Å²) in [7, 11) is 0. The van der Waals surface area contributed by atoms with E-state index in [1.807, 2.05) is 0 Å². The summed E-state index contributed by atoms with van der Waals surface area (Å²) in [5.41, 5.74) is 0.529. The van der Waals surface area contributed by atoms with Crippen LogP contribution in [0.2, 0.25) is 0 Å². The molecule has 2 bridgehead atoms. The van der Waals surface area contributed by atoms with Crippen molar-refractivity contribution in [3.63, 3.8) is 0 Å². The number of amides is 1. The van der Waals surface area contributed by atoms with E-state index < -0.39 is 36.0 Å². The number of rotatable bonds is 5. The molecule has 6 nitrogen and oxygen atoms in total. The smallest absolute Gasteiger partial charge is 0.433 e. The zero-order valence-electron chi connectivity index (χ0n) is 16.5. The normalized spacial score (nSPS) is 20.1. The number of fused-ring (bicyclic) bond motifs is 2. The van der Waals surface area contributed by atoms with Crippen molar-refractivity contribution in [1.82, 2.24) is 4.98 Å². The predicted molar refractivity (Wildman–Crippen MR) is 105 cm³/mol. The van der Waals surface area contributed by atoms with Crippen molar-refractivity contribution in [3.8, 4) is 0 Å². The number of halogens is 3. The van der Waals surface area contributed by atoms with Crippen molar-refractivity contribution in [2.45, 2.75) is 38.1 Å². The molecular weight excluding hydrogens is 413 g/mol. The first-order chi connectivity index (χ1) is 14.8. The number of carbonyl (C=O) groups is 2. The first kappa shape index (κ1) is 21.0. The Morgan fingerprint density at radius 1 is 1.13 bits per heavy atom. The topological polar surface area (TPSA) is 77.5 Å². The van der Waals surface area contributed by atoms with Crippen molar-refractivity contribution in [2.24, 2.45) is 0 Å². The Morgan fingerprint density at radius 3 is 2.52 bits per heavy atom. The number of hydrogen-bond acceptors (Lipinski definition) is 5. The molecule has 2 aromatic rings. The monoisotopic (exact) mass is 432 g/mol. The fourth-order valence-corrected chi connectivity index (χ4v) is 3.83. The number of hydrogen-bond donors (Lipinski definition) is 1.